The zero-order valence-electron chi connectivity index (χ0n) is 11.7. The van der Waals surface area contributed by atoms with Crippen molar-refractivity contribution in [1.29, 1.82) is 0 Å². The molecule has 0 unspecified atom stereocenters. The van der Waals surface area contributed by atoms with Gasteiger partial charge in [0.1, 0.15) is 6.10 Å². The number of para-hydroxylation sites is 1. The predicted octanol–water partition coefficient (Wildman–Crippen LogP) is 2.34. The highest BCUT2D eigenvalue weighted by atomic mass is 32.2. The summed E-state index contributed by atoms with van der Waals surface area (Å²) in [7, 11) is -4.35. The van der Waals surface area contributed by atoms with E-state index in [2.05, 4.69) is 0 Å². The zero-order valence-corrected chi connectivity index (χ0v) is 12.5. The average molecular weight is 328 g/mol. The summed E-state index contributed by atoms with van der Waals surface area (Å²) < 4.78 is 31.0. The van der Waals surface area contributed by atoms with Gasteiger partial charge in [0.15, 0.2) is 4.90 Å². The van der Waals surface area contributed by atoms with E-state index in [1.165, 1.54) is 12.1 Å². The van der Waals surface area contributed by atoms with Crippen LogP contribution in [0.5, 0.6) is 0 Å². The lowest BCUT2D eigenvalue weighted by atomic mass is 9.98. The van der Waals surface area contributed by atoms with Crippen LogP contribution in [-0.4, -0.2) is 25.5 Å². The molecule has 0 bridgehead atoms. The Bertz CT molecular complexity index is 667. The molecule has 1 aromatic carbocycles. The summed E-state index contributed by atoms with van der Waals surface area (Å²) in [6.45, 7) is 0. The Labute approximate surface area is 127 Å². The fourth-order valence-corrected chi connectivity index (χ4v) is 3.41. The predicted molar refractivity (Wildman–Crippen MR) is 76.8 cm³/mol. The van der Waals surface area contributed by atoms with Crippen molar-refractivity contribution in [1.82, 2.24) is 4.72 Å². The standard InChI is InChI=1S/C13H16N2O6S/c16-13(21-10-6-2-1-3-7-10)14-22(19,20)12-9-5-4-8-11(12)15(17)18/h4-5,8-10H,1-3,6-7H2,(H,14,16). The van der Waals surface area contributed by atoms with Gasteiger partial charge in [0.05, 0.1) is 4.92 Å². The summed E-state index contributed by atoms with van der Waals surface area (Å²) in [5.74, 6) is 0. The summed E-state index contributed by atoms with van der Waals surface area (Å²) in [5, 5.41) is 10.9. The zero-order chi connectivity index (χ0) is 16.2. The number of benzene rings is 1. The van der Waals surface area contributed by atoms with E-state index in [9.17, 15) is 23.3 Å². The molecular formula is C13H16N2O6S. The third-order valence-electron chi connectivity index (χ3n) is 3.40. The van der Waals surface area contributed by atoms with Crippen molar-refractivity contribution in [2.75, 3.05) is 0 Å². The number of sulfonamides is 1. The second-order valence-electron chi connectivity index (χ2n) is 5.00. The fourth-order valence-electron chi connectivity index (χ4n) is 2.36. The van der Waals surface area contributed by atoms with E-state index in [0.717, 1.165) is 31.4 Å². The number of ether oxygens (including phenoxy) is 1. The largest absolute Gasteiger partial charge is 0.446 e. The minimum absolute atomic E-state index is 0.310. The molecule has 0 atom stereocenters. The Morgan fingerprint density at radius 3 is 2.50 bits per heavy atom. The molecule has 120 valence electrons. The fraction of sp³-hybridized carbons (Fsp3) is 0.462. The molecule has 1 saturated carbocycles. The van der Waals surface area contributed by atoms with E-state index in [-0.39, 0.29) is 6.10 Å². The van der Waals surface area contributed by atoms with Crippen LogP contribution < -0.4 is 4.72 Å². The first-order valence-electron chi connectivity index (χ1n) is 6.87. The maximum Gasteiger partial charge on any atom is 0.421 e. The van der Waals surface area contributed by atoms with Crippen molar-refractivity contribution in [3.05, 3.63) is 34.4 Å². The summed E-state index contributed by atoms with van der Waals surface area (Å²) in [6.07, 6.45) is 2.89. The van der Waals surface area contributed by atoms with Gasteiger partial charge in [0, 0.05) is 6.07 Å². The van der Waals surface area contributed by atoms with Crippen molar-refractivity contribution in [3.8, 4) is 0 Å². The molecule has 0 saturated heterocycles. The van der Waals surface area contributed by atoms with Crippen molar-refractivity contribution in [2.24, 2.45) is 0 Å². The van der Waals surface area contributed by atoms with Crippen LogP contribution in [0.25, 0.3) is 0 Å². The van der Waals surface area contributed by atoms with Gasteiger partial charge in [0.2, 0.25) is 0 Å². The number of amides is 1. The summed E-state index contributed by atoms with van der Waals surface area (Å²) in [4.78, 5) is 21.2. The Hall–Kier alpha value is -2.16. The second-order valence-corrected chi connectivity index (χ2v) is 6.65. The molecule has 8 nitrogen and oxygen atoms in total. The molecular weight excluding hydrogens is 312 g/mol. The number of nitrogens with one attached hydrogen (secondary N) is 1. The number of nitro benzene ring substituents is 1. The van der Waals surface area contributed by atoms with E-state index >= 15 is 0 Å². The first-order chi connectivity index (χ1) is 10.4. The van der Waals surface area contributed by atoms with Crippen molar-refractivity contribution < 1.29 is 22.9 Å². The molecule has 1 fully saturated rings. The number of carbonyl (C=O) groups is 1. The number of hydrogen-bond donors (Lipinski definition) is 1. The molecule has 0 radical (unpaired) electrons. The lowest BCUT2D eigenvalue weighted by Crippen LogP contribution is -2.34. The highest BCUT2D eigenvalue weighted by Crippen LogP contribution is 2.23. The third kappa shape index (κ3) is 3.94. The van der Waals surface area contributed by atoms with Crippen LogP contribution in [0.1, 0.15) is 32.1 Å². The molecule has 1 aromatic rings. The molecule has 22 heavy (non-hydrogen) atoms. The topological polar surface area (TPSA) is 116 Å². The number of nitrogens with zero attached hydrogens (tertiary/aromatic N) is 1. The van der Waals surface area contributed by atoms with Crippen LogP contribution in [0.2, 0.25) is 0 Å². The van der Waals surface area contributed by atoms with E-state index in [1.807, 2.05) is 0 Å². The Kier molecular flexibility index (Phi) is 4.96. The highest BCUT2D eigenvalue weighted by molar-refractivity contribution is 7.90. The molecule has 0 aliphatic heterocycles. The Morgan fingerprint density at radius 2 is 1.86 bits per heavy atom. The molecule has 1 amide bonds. The van der Waals surface area contributed by atoms with E-state index < -0.39 is 31.6 Å². The molecule has 0 spiro atoms. The number of rotatable bonds is 4. The van der Waals surface area contributed by atoms with Crippen LogP contribution in [0.4, 0.5) is 10.5 Å². The van der Waals surface area contributed by atoms with Crippen LogP contribution in [-0.2, 0) is 14.8 Å². The lowest BCUT2D eigenvalue weighted by Gasteiger charge is -2.21. The van der Waals surface area contributed by atoms with Crippen LogP contribution >= 0.6 is 0 Å². The van der Waals surface area contributed by atoms with Crippen molar-refractivity contribution in [3.63, 3.8) is 0 Å². The van der Waals surface area contributed by atoms with E-state index in [0.29, 0.717) is 12.8 Å². The lowest BCUT2D eigenvalue weighted by molar-refractivity contribution is -0.387. The molecule has 0 aromatic heterocycles. The Balaban J connectivity index is 2.10. The van der Waals surface area contributed by atoms with Gasteiger partial charge in [-0.05, 0) is 31.7 Å². The number of hydrogen-bond acceptors (Lipinski definition) is 6. The minimum atomic E-state index is -4.35. The van der Waals surface area contributed by atoms with Gasteiger partial charge < -0.3 is 4.74 Å². The van der Waals surface area contributed by atoms with E-state index in [4.69, 9.17) is 4.74 Å². The monoisotopic (exact) mass is 328 g/mol. The van der Waals surface area contributed by atoms with Gasteiger partial charge >= 0.3 is 6.09 Å². The van der Waals surface area contributed by atoms with Crippen LogP contribution in [0.15, 0.2) is 29.2 Å². The summed E-state index contributed by atoms with van der Waals surface area (Å²) in [6, 6.07) is 4.81. The SMILES string of the molecule is O=C(NS(=O)(=O)c1ccccc1[N+](=O)[O-])OC1CCCCC1. The highest BCUT2D eigenvalue weighted by Gasteiger charge is 2.28. The van der Waals surface area contributed by atoms with Gasteiger partial charge in [-0.2, -0.15) is 0 Å². The van der Waals surface area contributed by atoms with Crippen LogP contribution in [0, 0.1) is 10.1 Å². The molecule has 9 heteroatoms. The first kappa shape index (κ1) is 16.2. The number of carbonyl (C=O) groups excluding carboxylic acids is 1. The van der Waals surface area contributed by atoms with Gasteiger partial charge in [0.25, 0.3) is 15.7 Å². The van der Waals surface area contributed by atoms with Crippen molar-refractivity contribution >= 4 is 21.8 Å². The van der Waals surface area contributed by atoms with Gasteiger partial charge in [-0.25, -0.2) is 17.9 Å². The maximum absolute atomic E-state index is 12.1. The Morgan fingerprint density at radius 1 is 1.23 bits per heavy atom. The van der Waals surface area contributed by atoms with Gasteiger partial charge in [-0.1, -0.05) is 18.6 Å². The molecule has 0 heterocycles. The molecule has 1 aliphatic rings. The smallest absolute Gasteiger partial charge is 0.421 e. The number of nitro groups is 1. The third-order valence-corrected chi connectivity index (χ3v) is 4.75. The second kappa shape index (κ2) is 6.73. The van der Waals surface area contributed by atoms with E-state index in [1.54, 1.807) is 4.72 Å². The van der Waals surface area contributed by atoms with Gasteiger partial charge in [-0.3, -0.25) is 10.1 Å². The maximum atomic E-state index is 12.1. The molecule has 1 aliphatic carbocycles. The summed E-state index contributed by atoms with van der Waals surface area (Å²) >= 11 is 0. The summed E-state index contributed by atoms with van der Waals surface area (Å²) in [5.41, 5.74) is -0.597. The molecule has 2 rings (SSSR count). The van der Waals surface area contributed by atoms with Gasteiger partial charge in [-0.15, -0.1) is 0 Å². The minimum Gasteiger partial charge on any atom is -0.446 e. The normalized spacial score (nSPS) is 16.0. The van der Waals surface area contributed by atoms with Crippen molar-refractivity contribution in [2.45, 2.75) is 43.1 Å². The first-order valence-corrected chi connectivity index (χ1v) is 8.35. The molecule has 1 N–H and O–H groups in total. The quantitative estimate of drug-likeness (QED) is 0.670. The van der Waals surface area contributed by atoms with Crippen LogP contribution in [0.3, 0.4) is 0 Å². The average Bonchev–Trinajstić information content (AvgIpc) is 2.47.